The van der Waals surface area contributed by atoms with Gasteiger partial charge in [-0.05, 0) is 67.6 Å². The molecule has 14 heteroatoms. The Balaban J connectivity index is 1.76. The van der Waals surface area contributed by atoms with Gasteiger partial charge in [0.2, 0.25) is 10.0 Å². The number of aliphatic hydroxyl groups excluding tert-OH is 1. The number of carbonyl (C=O) groups is 1. The smallest absolute Gasteiger partial charge is 0.262 e. The van der Waals surface area contributed by atoms with Crippen molar-refractivity contribution in [1.82, 2.24) is 9.21 Å². The number of sulfonamides is 2. The number of benzene rings is 3. The first kappa shape index (κ1) is 31.7. The van der Waals surface area contributed by atoms with Crippen molar-refractivity contribution in [2.24, 2.45) is 5.92 Å². The van der Waals surface area contributed by atoms with Gasteiger partial charge < -0.3 is 14.7 Å². The standard InChI is InChI=1S/C28H31ClFN3O7S2/c1-18-15-33(19(2)17-34)28(35)24-5-4-6-25(31-41(36,37)22-13-9-21(30)10-14-22)27(24)40-26(18)16-32(3)42(38,39)23-11-7-20(29)8-12-23/h4-14,18-19,26,31,34H,15-17H2,1-3H3/t18-,19+,26+/m0/s1. The summed E-state index contributed by atoms with van der Waals surface area (Å²) in [6, 6.07) is 13.7. The van der Waals surface area contributed by atoms with Crippen LogP contribution in [0.4, 0.5) is 10.1 Å². The van der Waals surface area contributed by atoms with Gasteiger partial charge in [-0.3, -0.25) is 9.52 Å². The molecule has 0 aromatic heterocycles. The minimum absolute atomic E-state index is 0.0201. The van der Waals surface area contributed by atoms with Gasteiger partial charge in [-0.25, -0.2) is 21.2 Å². The highest BCUT2D eigenvalue weighted by molar-refractivity contribution is 7.92. The summed E-state index contributed by atoms with van der Waals surface area (Å²) in [6.07, 6.45) is -0.853. The van der Waals surface area contributed by atoms with Crippen molar-refractivity contribution in [3.8, 4) is 5.75 Å². The van der Waals surface area contributed by atoms with Crippen molar-refractivity contribution in [3.63, 3.8) is 0 Å². The normalized spacial score (nSPS) is 18.5. The van der Waals surface area contributed by atoms with E-state index in [4.69, 9.17) is 16.3 Å². The molecule has 2 N–H and O–H groups in total. The van der Waals surface area contributed by atoms with Crippen LogP contribution in [0, 0.1) is 11.7 Å². The number of carbonyl (C=O) groups excluding carboxylic acids is 1. The number of anilines is 1. The number of nitrogens with one attached hydrogen (secondary N) is 1. The van der Waals surface area contributed by atoms with Gasteiger partial charge in [-0.2, -0.15) is 4.31 Å². The first-order valence-corrected chi connectivity index (χ1v) is 16.3. The lowest BCUT2D eigenvalue weighted by Crippen LogP contribution is -2.50. The first-order chi connectivity index (χ1) is 19.7. The fraction of sp³-hybridized carbons (Fsp3) is 0.321. The number of nitrogens with zero attached hydrogens (tertiary/aromatic N) is 2. The van der Waals surface area contributed by atoms with Gasteiger partial charge >= 0.3 is 0 Å². The Hall–Kier alpha value is -3.23. The number of aliphatic hydroxyl groups is 1. The van der Waals surface area contributed by atoms with Gasteiger partial charge in [0.15, 0.2) is 5.75 Å². The summed E-state index contributed by atoms with van der Waals surface area (Å²) in [7, 11) is -6.81. The first-order valence-electron chi connectivity index (χ1n) is 13.0. The molecule has 1 amide bonds. The summed E-state index contributed by atoms with van der Waals surface area (Å²) in [5, 5.41) is 10.3. The number of rotatable bonds is 9. The molecule has 0 spiro atoms. The highest BCUT2D eigenvalue weighted by Crippen LogP contribution is 2.36. The Morgan fingerprint density at radius 3 is 2.31 bits per heavy atom. The van der Waals surface area contributed by atoms with Gasteiger partial charge in [-0.15, -0.1) is 0 Å². The van der Waals surface area contributed by atoms with Crippen LogP contribution >= 0.6 is 11.6 Å². The Morgan fingerprint density at radius 1 is 1.07 bits per heavy atom. The van der Waals surface area contributed by atoms with Crippen LogP contribution in [0.2, 0.25) is 5.02 Å². The number of likely N-dealkylation sites (N-methyl/N-ethyl adjacent to an activating group) is 1. The molecule has 3 aromatic rings. The molecule has 0 fully saturated rings. The van der Waals surface area contributed by atoms with Crippen LogP contribution in [-0.4, -0.2) is 75.9 Å². The van der Waals surface area contributed by atoms with Crippen molar-refractivity contribution < 1.29 is 35.9 Å². The zero-order valence-electron chi connectivity index (χ0n) is 23.1. The minimum Gasteiger partial charge on any atom is -0.486 e. The number of ether oxygens (including phenoxy) is 1. The summed E-state index contributed by atoms with van der Waals surface area (Å²) in [5.74, 6) is -1.67. The Morgan fingerprint density at radius 2 is 1.69 bits per heavy atom. The van der Waals surface area contributed by atoms with Crippen molar-refractivity contribution in [1.29, 1.82) is 0 Å². The highest BCUT2D eigenvalue weighted by atomic mass is 35.5. The second kappa shape index (κ2) is 12.6. The summed E-state index contributed by atoms with van der Waals surface area (Å²) in [6.45, 7) is 3.08. The summed E-state index contributed by atoms with van der Waals surface area (Å²) in [4.78, 5) is 14.9. The number of halogens is 2. The van der Waals surface area contributed by atoms with E-state index >= 15 is 0 Å². The Bertz CT molecular complexity index is 1650. The van der Waals surface area contributed by atoms with E-state index in [1.807, 2.05) is 0 Å². The van der Waals surface area contributed by atoms with E-state index in [2.05, 4.69) is 4.72 Å². The lowest BCUT2D eigenvalue weighted by molar-refractivity contribution is 0.0389. The third kappa shape index (κ3) is 6.70. The van der Waals surface area contributed by atoms with Crippen LogP contribution in [0.5, 0.6) is 5.75 Å². The lowest BCUT2D eigenvalue weighted by Gasteiger charge is -2.38. The van der Waals surface area contributed by atoms with Gasteiger partial charge in [0, 0.05) is 24.5 Å². The van der Waals surface area contributed by atoms with Gasteiger partial charge in [-0.1, -0.05) is 24.6 Å². The fourth-order valence-corrected chi connectivity index (χ4v) is 6.87. The zero-order chi connectivity index (χ0) is 30.8. The lowest BCUT2D eigenvalue weighted by atomic mass is 9.99. The predicted octanol–water partition coefficient (Wildman–Crippen LogP) is 3.82. The molecule has 42 heavy (non-hydrogen) atoms. The van der Waals surface area contributed by atoms with Crippen LogP contribution in [0.15, 0.2) is 76.5 Å². The third-order valence-corrected chi connectivity index (χ3v) is 10.5. The number of hydrogen-bond acceptors (Lipinski definition) is 7. The molecule has 3 aromatic carbocycles. The maximum atomic E-state index is 13.7. The molecule has 226 valence electrons. The average Bonchev–Trinajstić information content (AvgIpc) is 2.95. The number of fused-ring (bicyclic) bond motifs is 1. The van der Waals surface area contributed by atoms with E-state index in [0.29, 0.717) is 5.02 Å². The summed E-state index contributed by atoms with van der Waals surface area (Å²) in [5.41, 5.74) is -0.0428. The van der Waals surface area contributed by atoms with Crippen molar-refractivity contribution >= 4 is 43.2 Å². The molecule has 0 unspecified atom stereocenters. The van der Waals surface area contributed by atoms with E-state index in [9.17, 15) is 31.1 Å². The van der Waals surface area contributed by atoms with Crippen LogP contribution in [-0.2, 0) is 20.0 Å². The second-order valence-electron chi connectivity index (χ2n) is 10.1. The average molecular weight is 640 g/mol. The molecule has 0 saturated carbocycles. The molecular weight excluding hydrogens is 609 g/mol. The van der Waals surface area contributed by atoms with E-state index in [-0.39, 0.29) is 46.5 Å². The predicted molar refractivity (Wildman–Crippen MR) is 156 cm³/mol. The monoisotopic (exact) mass is 639 g/mol. The maximum absolute atomic E-state index is 13.7. The molecule has 0 aliphatic carbocycles. The topological polar surface area (TPSA) is 133 Å². The quantitative estimate of drug-likeness (QED) is 0.364. The van der Waals surface area contributed by atoms with Gasteiger partial charge in [0.1, 0.15) is 11.9 Å². The molecule has 1 heterocycles. The van der Waals surface area contributed by atoms with Crippen LogP contribution in [0.25, 0.3) is 0 Å². The van der Waals surface area contributed by atoms with Crippen LogP contribution in [0.3, 0.4) is 0 Å². The molecule has 0 saturated heterocycles. The largest absolute Gasteiger partial charge is 0.486 e. The Kier molecular flexibility index (Phi) is 9.48. The molecule has 1 aliphatic heterocycles. The maximum Gasteiger partial charge on any atom is 0.262 e. The van der Waals surface area contributed by atoms with Gasteiger partial charge in [0.25, 0.3) is 15.9 Å². The number of amides is 1. The number of para-hydroxylation sites is 1. The fourth-order valence-electron chi connectivity index (χ4n) is 4.50. The minimum atomic E-state index is -4.23. The summed E-state index contributed by atoms with van der Waals surface area (Å²) < 4.78 is 76.3. The van der Waals surface area contributed by atoms with Crippen molar-refractivity contribution in [2.75, 3.05) is 31.5 Å². The molecule has 4 rings (SSSR count). The van der Waals surface area contributed by atoms with E-state index in [1.165, 1.54) is 54.4 Å². The Labute approximate surface area is 249 Å². The molecular formula is C28H31ClFN3O7S2. The van der Waals surface area contributed by atoms with Crippen molar-refractivity contribution in [2.45, 2.75) is 35.8 Å². The third-order valence-electron chi connectivity index (χ3n) is 7.02. The molecule has 3 atom stereocenters. The highest BCUT2D eigenvalue weighted by Gasteiger charge is 2.36. The van der Waals surface area contributed by atoms with E-state index < -0.39 is 49.8 Å². The van der Waals surface area contributed by atoms with E-state index in [0.717, 1.165) is 28.6 Å². The second-order valence-corrected chi connectivity index (χ2v) is 14.3. The molecule has 0 radical (unpaired) electrons. The zero-order valence-corrected chi connectivity index (χ0v) is 25.5. The SMILES string of the molecule is C[C@H](CO)N1C[C@H](C)[C@@H](CN(C)S(=O)(=O)c2ccc(Cl)cc2)Oc2c(NS(=O)(=O)c3ccc(F)cc3)cccc2C1=O. The van der Waals surface area contributed by atoms with Crippen LogP contribution < -0.4 is 9.46 Å². The number of hydrogen-bond donors (Lipinski definition) is 2. The molecule has 1 aliphatic rings. The molecule has 10 nitrogen and oxygen atoms in total. The molecule has 0 bridgehead atoms. The van der Waals surface area contributed by atoms with E-state index in [1.54, 1.807) is 13.8 Å². The summed E-state index contributed by atoms with van der Waals surface area (Å²) >= 11 is 5.92. The van der Waals surface area contributed by atoms with Crippen LogP contribution in [0.1, 0.15) is 24.2 Å². The van der Waals surface area contributed by atoms with Gasteiger partial charge in [0.05, 0.1) is 40.2 Å². The van der Waals surface area contributed by atoms with Crippen molar-refractivity contribution in [3.05, 3.63) is 83.1 Å².